The average Bonchev–Trinajstić information content (AvgIpc) is 3.78. The maximum absolute atomic E-state index is 14.5. The Morgan fingerprint density at radius 3 is 2.36 bits per heavy atom. The van der Waals surface area contributed by atoms with Crippen LogP contribution in [0.5, 0.6) is 17.6 Å². The topological polar surface area (TPSA) is 129 Å². The van der Waals surface area contributed by atoms with Crippen LogP contribution in [-0.2, 0) is 39.9 Å². The summed E-state index contributed by atoms with van der Waals surface area (Å²) in [6, 6.07) is 16.0. The number of aryl methyl sites for hydroxylation is 1. The molecule has 4 aromatic rings. The smallest absolute Gasteiger partial charge is 0.421 e. The van der Waals surface area contributed by atoms with Crippen LogP contribution in [0, 0.1) is 11.8 Å². The van der Waals surface area contributed by atoms with Crippen molar-refractivity contribution in [2.24, 2.45) is 11.8 Å². The number of carboxylic acid groups (broad SMARTS) is 1. The van der Waals surface area contributed by atoms with E-state index in [1.54, 1.807) is 7.11 Å². The van der Waals surface area contributed by atoms with E-state index in [1.165, 1.54) is 14.2 Å². The number of methoxy groups -OCH3 is 3. The molecule has 2 heterocycles. The molecule has 292 valence electrons. The molecule has 2 aliphatic carbocycles. The number of carbonyl (C=O) groups excluding carboxylic acids is 1. The summed E-state index contributed by atoms with van der Waals surface area (Å²) in [4.78, 5) is 32.2. The molecule has 2 aliphatic rings. The van der Waals surface area contributed by atoms with Gasteiger partial charge in [-0.1, -0.05) is 54.1 Å². The second kappa shape index (κ2) is 17.4. The largest absolute Gasteiger partial charge is 0.481 e. The Labute approximate surface area is 322 Å². The molecule has 0 amide bonds. The van der Waals surface area contributed by atoms with Crippen molar-refractivity contribution >= 4 is 23.4 Å². The fourth-order valence-electron chi connectivity index (χ4n) is 7.45. The monoisotopic (exact) mass is 781 g/mol. The first-order valence-corrected chi connectivity index (χ1v) is 18.5. The van der Waals surface area contributed by atoms with E-state index < -0.39 is 35.6 Å². The molecular formula is C41H43ClF3N3O7. The molecule has 0 unspecified atom stereocenters. The first kappa shape index (κ1) is 40.0. The van der Waals surface area contributed by atoms with Crippen molar-refractivity contribution in [3.63, 3.8) is 0 Å². The van der Waals surface area contributed by atoms with Crippen molar-refractivity contribution < 1.29 is 46.8 Å². The third kappa shape index (κ3) is 9.06. The first-order chi connectivity index (χ1) is 26.4. The second-order valence-electron chi connectivity index (χ2n) is 13.9. The van der Waals surface area contributed by atoms with Gasteiger partial charge in [0.25, 0.3) is 0 Å². The summed E-state index contributed by atoms with van der Waals surface area (Å²) in [6.45, 7) is 1.19. The molecule has 0 radical (unpaired) electrons. The van der Waals surface area contributed by atoms with Gasteiger partial charge in [0.05, 0.1) is 37.5 Å². The quantitative estimate of drug-likeness (QED) is 0.115. The number of carbonyl (C=O) groups is 2. The van der Waals surface area contributed by atoms with Gasteiger partial charge < -0.3 is 29.4 Å². The van der Waals surface area contributed by atoms with Crippen LogP contribution in [0.25, 0.3) is 22.4 Å². The van der Waals surface area contributed by atoms with Crippen molar-refractivity contribution in [2.75, 3.05) is 34.5 Å². The molecule has 0 aliphatic heterocycles. The van der Waals surface area contributed by atoms with Crippen LogP contribution in [-0.4, -0.2) is 61.3 Å². The standard InChI is InChI=1S/C41H43ClF3N3O7/c1-52-22-26(40(50)51)12-11-24-19-33(41(43,44)45)39(48-37(24)53-2)55-35-17-15-29-28(6-4-7-30(29)35)31-8-5-9-32(36(31)42)34-16-13-25(38(47-34)54-3)21-46-20-23-10-14-27(49)18-23/h4-9,13,16,19,23,26,35,46H,10-12,14-15,17-18,20-22H2,1-3H3,(H,50,51)/t23-,26+,35+/m1/s1. The highest BCUT2D eigenvalue weighted by Crippen LogP contribution is 2.46. The minimum atomic E-state index is -4.80. The van der Waals surface area contributed by atoms with Gasteiger partial charge in [-0.3, -0.25) is 9.59 Å². The van der Waals surface area contributed by atoms with Gasteiger partial charge in [-0.25, -0.2) is 4.98 Å². The Kier molecular flexibility index (Phi) is 12.6. The van der Waals surface area contributed by atoms with Gasteiger partial charge in [-0.15, -0.1) is 0 Å². The van der Waals surface area contributed by atoms with Crippen molar-refractivity contribution in [3.8, 4) is 40.0 Å². The summed E-state index contributed by atoms with van der Waals surface area (Å²) >= 11 is 7.11. The molecule has 2 aromatic heterocycles. The molecule has 0 bridgehead atoms. The number of ketones is 1. The van der Waals surface area contributed by atoms with E-state index in [-0.39, 0.29) is 30.9 Å². The van der Waals surface area contributed by atoms with E-state index in [2.05, 4.69) is 10.3 Å². The third-order valence-electron chi connectivity index (χ3n) is 10.3. The van der Waals surface area contributed by atoms with Crippen molar-refractivity contribution in [1.82, 2.24) is 15.3 Å². The molecule has 6 rings (SSSR count). The SMILES string of the molecule is COC[C@H](CCc1cc(C(F)(F)F)c(O[C@H]2CCc3c(-c4cccc(-c5ccc(CNC[C@@H]6CCC(=O)C6)c(OC)n5)c4Cl)cccc32)nc1OC)C(=O)O. The van der Waals surface area contributed by atoms with Gasteiger partial charge in [0, 0.05) is 48.8 Å². The predicted octanol–water partition coefficient (Wildman–Crippen LogP) is 8.30. The number of aliphatic carboxylic acids is 1. The predicted molar refractivity (Wildman–Crippen MR) is 200 cm³/mol. The molecule has 3 atom stereocenters. The van der Waals surface area contributed by atoms with E-state index in [0.717, 1.165) is 46.8 Å². The van der Waals surface area contributed by atoms with Crippen LogP contribution in [0.3, 0.4) is 0 Å². The first-order valence-electron chi connectivity index (χ1n) is 18.1. The Balaban J connectivity index is 1.24. The Morgan fingerprint density at radius 2 is 1.67 bits per heavy atom. The zero-order chi connectivity index (χ0) is 39.3. The summed E-state index contributed by atoms with van der Waals surface area (Å²) < 4.78 is 65.4. The lowest BCUT2D eigenvalue weighted by atomic mass is 9.94. The normalized spacial score (nSPS) is 17.3. The number of pyridine rings is 2. The number of benzene rings is 2. The summed E-state index contributed by atoms with van der Waals surface area (Å²) in [5.41, 5.74) is 4.41. The lowest BCUT2D eigenvalue weighted by molar-refractivity contribution is -0.144. The zero-order valence-electron chi connectivity index (χ0n) is 30.8. The summed E-state index contributed by atoms with van der Waals surface area (Å²) in [5.74, 6) is -1.59. The van der Waals surface area contributed by atoms with Crippen LogP contribution in [0.1, 0.15) is 66.0 Å². The van der Waals surface area contributed by atoms with Gasteiger partial charge in [0.15, 0.2) is 0 Å². The lowest BCUT2D eigenvalue weighted by Crippen LogP contribution is -2.21. The van der Waals surface area contributed by atoms with Crippen molar-refractivity contribution in [3.05, 3.63) is 87.4 Å². The molecule has 0 saturated heterocycles. The fraction of sp³-hybridized carbons (Fsp3) is 0.415. The number of halogens is 4. The minimum Gasteiger partial charge on any atom is -0.481 e. The molecule has 10 nitrogen and oxygen atoms in total. The van der Waals surface area contributed by atoms with Crippen LogP contribution in [0.2, 0.25) is 5.02 Å². The zero-order valence-corrected chi connectivity index (χ0v) is 31.6. The van der Waals surface area contributed by atoms with Gasteiger partial charge in [0.1, 0.15) is 17.5 Å². The van der Waals surface area contributed by atoms with E-state index in [9.17, 15) is 27.9 Å². The number of ether oxygens (including phenoxy) is 4. The van der Waals surface area contributed by atoms with Crippen LogP contribution < -0.4 is 19.5 Å². The Hall–Kier alpha value is -4.72. The van der Waals surface area contributed by atoms with E-state index >= 15 is 0 Å². The molecule has 0 spiro atoms. The number of hydrogen-bond donors (Lipinski definition) is 2. The lowest BCUT2D eigenvalue weighted by Gasteiger charge is -2.21. The highest BCUT2D eigenvalue weighted by atomic mass is 35.5. The molecule has 1 fully saturated rings. The third-order valence-corrected chi connectivity index (χ3v) is 10.7. The minimum absolute atomic E-state index is 0.0244. The number of nitrogens with one attached hydrogen (secondary N) is 1. The van der Waals surface area contributed by atoms with Gasteiger partial charge in [-0.05, 0) is 73.4 Å². The Morgan fingerprint density at radius 1 is 0.945 bits per heavy atom. The van der Waals surface area contributed by atoms with Gasteiger partial charge in [0.2, 0.25) is 17.6 Å². The number of alkyl halides is 3. The Bertz CT molecular complexity index is 2040. The number of hydrogen-bond acceptors (Lipinski definition) is 9. The van der Waals surface area contributed by atoms with Gasteiger partial charge >= 0.3 is 12.1 Å². The van der Waals surface area contributed by atoms with Crippen LogP contribution >= 0.6 is 11.6 Å². The van der Waals surface area contributed by atoms with Crippen molar-refractivity contribution in [1.29, 1.82) is 0 Å². The molecule has 14 heteroatoms. The van der Waals surface area contributed by atoms with Crippen molar-refractivity contribution in [2.45, 2.75) is 63.8 Å². The number of fused-ring (bicyclic) bond motifs is 1. The van der Waals surface area contributed by atoms with E-state index in [1.807, 2.05) is 48.5 Å². The average molecular weight is 782 g/mol. The van der Waals surface area contributed by atoms with E-state index in [0.29, 0.717) is 66.1 Å². The number of rotatable bonds is 16. The fourth-order valence-corrected chi connectivity index (χ4v) is 7.77. The highest BCUT2D eigenvalue weighted by molar-refractivity contribution is 6.36. The maximum Gasteiger partial charge on any atom is 0.421 e. The molecular weight excluding hydrogens is 739 g/mol. The summed E-state index contributed by atoms with van der Waals surface area (Å²) in [6.07, 6.45) is -2.45. The number of carboxylic acids is 1. The second-order valence-corrected chi connectivity index (χ2v) is 14.2. The van der Waals surface area contributed by atoms with Crippen LogP contribution in [0.15, 0.2) is 54.6 Å². The summed E-state index contributed by atoms with van der Waals surface area (Å²) in [5, 5.41) is 13.4. The summed E-state index contributed by atoms with van der Waals surface area (Å²) in [7, 11) is 4.22. The number of Topliss-reactive ketones (excluding diaryl/α,β-unsaturated/α-hetero) is 1. The molecule has 2 N–H and O–H groups in total. The molecule has 2 aromatic carbocycles. The van der Waals surface area contributed by atoms with E-state index in [4.69, 9.17) is 35.5 Å². The molecule has 1 saturated carbocycles. The van der Waals surface area contributed by atoms with Gasteiger partial charge in [-0.2, -0.15) is 18.2 Å². The molecule has 55 heavy (non-hydrogen) atoms. The maximum atomic E-state index is 14.5. The number of aromatic nitrogens is 2. The number of nitrogens with zero attached hydrogens (tertiary/aromatic N) is 2. The van der Waals surface area contributed by atoms with Crippen LogP contribution in [0.4, 0.5) is 13.2 Å². The highest BCUT2D eigenvalue weighted by Gasteiger charge is 2.39.